The van der Waals surface area contributed by atoms with Gasteiger partial charge < -0.3 is 0 Å². The minimum absolute atomic E-state index is 1.83. The van der Waals surface area contributed by atoms with E-state index in [-0.39, 0.29) is 0 Å². The van der Waals surface area contributed by atoms with E-state index < -0.39 is 6.08 Å². The topological polar surface area (TPSA) is 0 Å². The van der Waals surface area contributed by atoms with E-state index in [4.69, 9.17) is 0 Å². The van der Waals surface area contributed by atoms with Crippen molar-refractivity contribution in [2.75, 3.05) is 0 Å². The average Bonchev–Trinajstić information content (AvgIpc) is 2.30. The molecule has 2 heteroatoms. The fourth-order valence-electron chi connectivity index (χ4n) is 0. The molecule has 0 rings (SSSR count). The Morgan fingerprint density at radius 3 is 0.500 bits per heavy atom. The highest BCUT2D eigenvalue weighted by molar-refractivity contribution is 4.57. The van der Waals surface area contributed by atoms with Crippen LogP contribution in [0, 0.1) is 0 Å². The molecule has 0 atom stereocenters. The fraction of sp³-hybridized carbons (Fsp3) is 0. The summed E-state index contributed by atoms with van der Waals surface area (Å²) in [5, 5.41) is 0. The van der Waals surface area contributed by atoms with E-state index >= 15 is 0 Å². The van der Waals surface area contributed by atoms with Crippen molar-refractivity contribution in [1.29, 1.82) is 0 Å². The van der Waals surface area contributed by atoms with Gasteiger partial charge in [0.25, 0.3) is 6.08 Å². The summed E-state index contributed by atoms with van der Waals surface area (Å²) in [6.07, 6.45) is -1.83. The summed E-state index contributed by atoms with van der Waals surface area (Å²) in [6.45, 7) is 32.2. The molecule has 0 radical (unpaired) electrons. The minimum atomic E-state index is -1.83. The molecule has 0 aromatic carbocycles. The maximum Gasteiger partial charge on any atom is 0.263 e. The summed E-state index contributed by atoms with van der Waals surface area (Å²) in [5.74, 6) is 0. The van der Waals surface area contributed by atoms with Crippen molar-refractivity contribution in [2.45, 2.75) is 0 Å². The van der Waals surface area contributed by atoms with Gasteiger partial charge in [0.05, 0.1) is 0 Å². The van der Waals surface area contributed by atoms with Gasteiger partial charge in [-0.15, -0.1) is 65.8 Å². The molecule has 0 aliphatic carbocycles. The summed E-state index contributed by atoms with van der Waals surface area (Å²) in [6, 6.07) is 0. The number of rotatable bonds is 0. The first kappa shape index (κ1) is 39.6. The van der Waals surface area contributed by atoms with Gasteiger partial charge in [-0.05, 0) is 6.58 Å². The molecule has 0 aliphatic heterocycles. The molecule has 0 saturated carbocycles. The second-order valence-electron chi connectivity index (χ2n) is 0.339. The van der Waals surface area contributed by atoms with E-state index in [0.29, 0.717) is 0 Å². The standard InChI is InChI=1S/C2H2F2.5C2H4/c1-2(3)4;5*1-2/h1H2;5*1-2H2. The van der Waals surface area contributed by atoms with Crippen LogP contribution in [-0.2, 0) is 0 Å². The summed E-state index contributed by atoms with van der Waals surface area (Å²) >= 11 is 0. The second-order valence-corrected chi connectivity index (χ2v) is 0.339. The maximum atomic E-state index is 10.1. The van der Waals surface area contributed by atoms with Crippen molar-refractivity contribution >= 4 is 0 Å². The lowest BCUT2D eigenvalue weighted by Crippen LogP contribution is -1.33. The van der Waals surface area contributed by atoms with E-state index in [1.165, 1.54) is 0 Å². The Balaban J connectivity index is -0.0000000143. The molecule has 0 aromatic rings. The highest BCUT2D eigenvalue weighted by atomic mass is 19.3. The lowest BCUT2D eigenvalue weighted by atomic mass is 11.2. The Kier molecular flexibility index (Phi) is 2010. The molecule has 0 aromatic heterocycles. The van der Waals surface area contributed by atoms with Crippen LogP contribution in [0.25, 0.3) is 0 Å². The Morgan fingerprint density at radius 2 is 0.500 bits per heavy atom. The average molecular weight is 204 g/mol. The highest BCUT2D eigenvalue weighted by Gasteiger charge is 1.65. The quantitative estimate of drug-likeness (QED) is 0.463. The smallest absolute Gasteiger partial charge is 0.174 e. The summed E-state index contributed by atoms with van der Waals surface area (Å²) in [4.78, 5) is 0. The van der Waals surface area contributed by atoms with Gasteiger partial charge >= 0.3 is 0 Å². The third kappa shape index (κ3) is 308. The number of halogens is 2. The number of hydrogen-bond acceptors (Lipinski definition) is 0. The first-order valence-corrected chi connectivity index (χ1v) is 3.23. The van der Waals surface area contributed by atoms with Gasteiger partial charge in [0.15, 0.2) is 0 Å². The van der Waals surface area contributed by atoms with Crippen LogP contribution in [0.3, 0.4) is 0 Å². The van der Waals surface area contributed by atoms with Gasteiger partial charge in [-0.3, -0.25) is 0 Å². The van der Waals surface area contributed by atoms with Gasteiger partial charge in [-0.1, -0.05) is 0 Å². The van der Waals surface area contributed by atoms with Crippen molar-refractivity contribution < 1.29 is 8.78 Å². The zero-order valence-corrected chi connectivity index (χ0v) is 9.03. The molecule has 84 valence electrons. The first-order valence-electron chi connectivity index (χ1n) is 3.23. The molecule has 0 N–H and O–H groups in total. The van der Waals surface area contributed by atoms with Crippen LogP contribution >= 0.6 is 0 Å². The maximum absolute atomic E-state index is 10.1. The Hall–Kier alpha value is -1.70. The SMILES string of the molecule is C=C.C=C.C=C.C=C.C=C.C=C(F)F. The van der Waals surface area contributed by atoms with Gasteiger partial charge in [-0.25, -0.2) is 0 Å². The predicted octanol–water partition coefficient (Wildman–Crippen LogP) is 5.41. The van der Waals surface area contributed by atoms with Crippen molar-refractivity contribution in [3.63, 3.8) is 0 Å². The van der Waals surface area contributed by atoms with E-state index in [2.05, 4.69) is 72.4 Å². The van der Waals surface area contributed by atoms with E-state index in [1.807, 2.05) is 0 Å². The largest absolute Gasteiger partial charge is 0.263 e. The van der Waals surface area contributed by atoms with Crippen molar-refractivity contribution in [3.05, 3.63) is 78.4 Å². The van der Waals surface area contributed by atoms with Crippen LogP contribution in [0.15, 0.2) is 78.4 Å². The normalized spacial score (nSPS) is 3.29. The second kappa shape index (κ2) is 709. The molecule has 0 unspecified atom stereocenters. The molecule has 0 fully saturated rings. The van der Waals surface area contributed by atoms with Crippen molar-refractivity contribution in [1.82, 2.24) is 0 Å². The van der Waals surface area contributed by atoms with Crippen LogP contribution in [0.5, 0.6) is 0 Å². The molecular weight excluding hydrogens is 182 g/mol. The predicted molar refractivity (Wildman–Crippen MR) is 67.6 cm³/mol. The van der Waals surface area contributed by atoms with Crippen molar-refractivity contribution in [2.24, 2.45) is 0 Å². The molecule has 0 bridgehead atoms. The van der Waals surface area contributed by atoms with Crippen LogP contribution in [0.1, 0.15) is 0 Å². The first-order chi connectivity index (χ1) is 6.73. The molecule has 0 aliphatic rings. The molecule has 14 heavy (non-hydrogen) atoms. The van der Waals surface area contributed by atoms with Gasteiger partial charge in [0, 0.05) is 0 Å². The third-order valence-corrected chi connectivity index (χ3v) is 0. The van der Waals surface area contributed by atoms with Crippen LogP contribution in [-0.4, -0.2) is 0 Å². The van der Waals surface area contributed by atoms with Gasteiger partial charge in [-0.2, -0.15) is 8.78 Å². The van der Waals surface area contributed by atoms with E-state index in [0.717, 1.165) is 0 Å². The molecule has 0 nitrogen and oxygen atoms in total. The molecular formula is C12H22F2. The Labute approximate surface area is 88.0 Å². The van der Waals surface area contributed by atoms with Crippen LogP contribution in [0.4, 0.5) is 8.78 Å². The molecule has 0 saturated heterocycles. The summed E-state index contributed by atoms with van der Waals surface area (Å²) in [5.41, 5.74) is 0. The van der Waals surface area contributed by atoms with Gasteiger partial charge in [0.2, 0.25) is 0 Å². The third-order valence-electron chi connectivity index (χ3n) is 0. The summed E-state index contributed by atoms with van der Waals surface area (Å²) in [7, 11) is 0. The van der Waals surface area contributed by atoms with Gasteiger partial charge in [0.1, 0.15) is 0 Å². The Bertz CT molecular complexity index is 64.8. The Morgan fingerprint density at radius 1 is 0.500 bits per heavy atom. The molecule has 0 amide bonds. The van der Waals surface area contributed by atoms with E-state index in [1.54, 1.807) is 0 Å². The van der Waals surface area contributed by atoms with Crippen molar-refractivity contribution in [3.8, 4) is 0 Å². The summed E-state index contributed by atoms with van der Waals surface area (Å²) < 4.78 is 20.3. The van der Waals surface area contributed by atoms with Crippen LogP contribution < -0.4 is 0 Å². The fourth-order valence-corrected chi connectivity index (χ4v) is 0. The molecule has 0 heterocycles. The lowest BCUT2D eigenvalue weighted by Gasteiger charge is -1.54. The van der Waals surface area contributed by atoms with Crippen LogP contribution in [0.2, 0.25) is 0 Å². The number of hydrogen-bond donors (Lipinski definition) is 0. The minimum Gasteiger partial charge on any atom is -0.174 e. The zero-order chi connectivity index (χ0) is 13.6. The van der Waals surface area contributed by atoms with E-state index in [9.17, 15) is 8.78 Å². The highest BCUT2D eigenvalue weighted by Crippen LogP contribution is 1.85. The lowest BCUT2D eigenvalue weighted by molar-refractivity contribution is 0.426. The zero-order valence-electron chi connectivity index (χ0n) is 9.03. The molecule has 0 spiro atoms. The monoisotopic (exact) mass is 204 g/mol.